The number of sulfone groups is 1. The average molecular weight is 583 g/mol. The number of benzene rings is 2. The number of urea groups is 1. The van der Waals surface area contributed by atoms with Crippen LogP contribution < -0.4 is 21.3 Å². The minimum absolute atomic E-state index is 0.0153. The fourth-order valence-corrected chi connectivity index (χ4v) is 5.77. The number of amides is 3. The second kappa shape index (κ2) is 16.2. The van der Waals surface area contributed by atoms with Crippen LogP contribution in [0.1, 0.15) is 43.4 Å². The SMILES string of the molecule is CCCCS(=O)(=O)C[C@@H](NC(=O)NC)C(=O)N[C@@H](Cc1cc(F)cc(F)c1)[C@H](O)CNCc1cccc(CC)c1. The summed E-state index contributed by atoms with van der Waals surface area (Å²) in [6.45, 7) is 4.32. The van der Waals surface area contributed by atoms with E-state index >= 15 is 0 Å². The van der Waals surface area contributed by atoms with Gasteiger partial charge in [-0.3, -0.25) is 4.79 Å². The van der Waals surface area contributed by atoms with Crippen LogP contribution >= 0.6 is 0 Å². The molecule has 40 heavy (non-hydrogen) atoms. The Morgan fingerprint density at radius 1 is 0.975 bits per heavy atom. The Labute approximate surface area is 235 Å². The molecule has 0 aliphatic heterocycles. The number of aliphatic hydroxyl groups is 1. The Balaban J connectivity index is 2.23. The second-order valence-electron chi connectivity index (χ2n) is 9.71. The fraction of sp³-hybridized carbons (Fsp3) is 0.500. The number of hydrogen-bond donors (Lipinski definition) is 5. The Hall–Kier alpha value is -3.09. The van der Waals surface area contributed by atoms with Crippen molar-refractivity contribution in [1.82, 2.24) is 21.3 Å². The molecule has 0 aliphatic carbocycles. The summed E-state index contributed by atoms with van der Waals surface area (Å²) in [5.41, 5.74) is 2.33. The number of nitrogens with one attached hydrogen (secondary N) is 4. The molecule has 2 aromatic rings. The largest absolute Gasteiger partial charge is 0.390 e. The zero-order valence-corrected chi connectivity index (χ0v) is 24.0. The summed E-state index contributed by atoms with van der Waals surface area (Å²) >= 11 is 0. The van der Waals surface area contributed by atoms with Crippen LogP contribution in [0.4, 0.5) is 13.6 Å². The van der Waals surface area contributed by atoms with Crippen LogP contribution in [-0.2, 0) is 34.0 Å². The lowest BCUT2D eigenvalue weighted by molar-refractivity contribution is -0.124. The first kappa shape index (κ1) is 33.1. The first-order chi connectivity index (χ1) is 19.0. The molecule has 0 heterocycles. The van der Waals surface area contributed by atoms with Gasteiger partial charge in [0.15, 0.2) is 9.84 Å². The van der Waals surface area contributed by atoms with Gasteiger partial charge in [0.2, 0.25) is 5.91 Å². The van der Waals surface area contributed by atoms with E-state index < -0.39 is 57.4 Å². The van der Waals surface area contributed by atoms with E-state index in [2.05, 4.69) is 21.3 Å². The molecule has 0 aromatic heterocycles. The Morgan fingerprint density at radius 3 is 2.27 bits per heavy atom. The van der Waals surface area contributed by atoms with E-state index in [4.69, 9.17) is 0 Å². The molecular formula is C28H40F2N4O5S. The van der Waals surface area contributed by atoms with Crippen molar-refractivity contribution < 1.29 is 31.9 Å². The smallest absolute Gasteiger partial charge is 0.315 e. The minimum atomic E-state index is -3.70. The first-order valence-electron chi connectivity index (χ1n) is 13.4. The maximum atomic E-state index is 13.9. The summed E-state index contributed by atoms with van der Waals surface area (Å²) < 4.78 is 52.9. The molecular weight excluding hydrogens is 542 g/mol. The Morgan fingerprint density at radius 2 is 1.65 bits per heavy atom. The molecule has 9 nitrogen and oxygen atoms in total. The number of aryl methyl sites for hydroxylation is 1. The highest BCUT2D eigenvalue weighted by Crippen LogP contribution is 2.13. The molecule has 5 N–H and O–H groups in total. The Bertz CT molecular complexity index is 1210. The first-order valence-corrected chi connectivity index (χ1v) is 15.2. The van der Waals surface area contributed by atoms with E-state index in [1.165, 1.54) is 7.05 Å². The highest BCUT2D eigenvalue weighted by Gasteiger charge is 2.30. The standard InChI is InChI=1S/C28H40F2N4O5S/c1-4-6-10-40(38,39)18-25(34-28(37)31-3)27(36)33-24(14-21-12-22(29)15-23(30)13-21)26(35)17-32-16-20-9-7-8-19(5-2)11-20/h7-9,11-13,15,24-26,32,35H,4-6,10,14,16-18H2,1-3H3,(H,33,36)(H2,31,34,37)/t24-,25+,26+/m0/s1. The third-order valence-corrected chi connectivity index (χ3v) is 8.08. The van der Waals surface area contributed by atoms with Crippen molar-refractivity contribution in [2.24, 2.45) is 0 Å². The molecule has 0 bridgehead atoms. The summed E-state index contributed by atoms with van der Waals surface area (Å²) in [5, 5.41) is 21.4. The van der Waals surface area contributed by atoms with Crippen LogP contribution in [0.3, 0.4) is 0 Å². The predicted molar refractivity (Wildman–Crippen MR) is 150 cm³/mol. The lowest BCUT2D eigenvalue weighted by atomic mass is 10.00. The van der Waals surface area contributed by atoms with Crippen LogP contribution in [0.5, 0.6) is 0 Å². The number of carbonyl (C=O) groups is 2. The molecule has 0 fully saturated rings. The van der Waals surface area contributed by atoms with Crippen molar-refractivity contribution >= 4 is 21.8 Å². The number of rotatable bonds is 16. The van der Waals surface area contributed by atoms with Crippen molar-refractivity contribution in [1.29, 1.82) is 0 Å². The maximum absolute atomic E-state index is 13.9. The van der Waals surface area contributed by atoms with Gasteiger partial charge in [0.05, 0.1) is 23.7 Å². The van der Waals surface area contributed by atoms with Gasteiger partial charge < -0.3 is 26.4 Å². The van der Waals surface area contributed by atoms with Gasteiger partial charge in [-0.1, -0.05) is 44.5 Å². The van der Waals surface area contributed by atoms with Gasteiger partial charge >= 0.3 is 6.03 Å². The van der Waals surface area contributed by atoms with E-state index in [1.54, 1.807) is 0 Å². The summed E-state index contributed by atoms with van der Waals surface area (Å²) in [6.07, 6.45) is 0.531. The van der Waals surface area contributed by atoms with Crippen LogP contribution in [0.25, 0.3) is 0 Å². The van der Waals surface area contributed by atoms with Crippen LogP contribution in [-0.4, -0.2) is 68.7 Å². The molecule has 0 spiro atoms. The van der Waals surface area contributed by atoms with E-state index in [0.717, 1.165) is 29.7 Å². The third-order valence-electron chi connectivity index (χ3n) is 6.33. The number of halogens is 2. The van der Waals surface area contributed by atoms with Gasteiger partial charge in [0.1, 0.15) is 17.7 Å². The van der Waals surface area contributed by atoms with E-state index in [9.17, 15) is 31.9 Å². The molecule has 0 radical (unpaired) electrons. The molecule has 0 saturated carbocycles. The third kappa shape index (κ3) is 11.6. The highest BCUT2D eigenvalue weighted by atomic mass is 32.2. The van der Waals surface area contributed by atoms with Gasteiger partial charge in [-0.15, -0.1) is 0 Å². The van der Waals surface area contributed by atoms with Crippen molar-refractivity contribution in [3.05, 3.63) is 70.8 Å². The summed E-state index contributed by atoms with van der Waals surface area (Å²) in [7, 11) is -2.37. The van der Waals surface area contributed by atoms with Crippen molar-refractivity contribution in [2.75, 3.05) is 25.1 Å². The minimum Gasteiger partial charge on any atom is -0.390 e. The van der Waals surface area contributed by atoms with Gasteiger partial charge in [-0.05, 0) is 48.1 Å². The number of unbranched alkanes of at least 4 members (excludes halogenated alkanes) is 1. The lowest BCUT2D eigenvalue weighted by Gasteiger charge is -2.27. The molecule has 3 atom stereocenters. The molecule has 0 saturated heterocycles. The predicted octanol–water partition coefficient (Wildman–Crippen LogP) is 2.22. The number of hydrogen-bond acceptors (Lipinski definition) is 6. The van der Waals surface area contributed by atoms with Crippen molar-refractivity contribution in [3.8, 4) is 0 Å². The summed E-state index contributed by atoms with van der Waals surface area (Å²) in [4.78, 5) is 25.2. The van der Waals surface area contributed by atoms with Gasteiger partial charge in [-0.25, -0.2) is 22.0 Å². The summed E-state index contributed by atoms with van der Waals surface area (Å²) in [5.74, 6) is -3.27. The van der Waals surface area contributed by atoms with Gasteiger partial charge in [0.25, 0.3) is 0 Å². The van der Waals surface area contributed by atoms with E-state index in [-0.39, 0.29) is 24.3 Å². The van der Waals surface area contributed by atoms with Gasteiger partial charge in [0, 0.05) is 26.2 Å². The van der Waals surface area contributed by atoms with Crippen LogP contribution in [0, 0.1) is 11.6 Å². The summed E-state index contributed by atoms with van der Waals surface area (Å²) in [6, 6.07) is 7.53. The molecule has 0 unspecified atom stereocenters. The molecule has 2 rings (SSSR count). The number of carbonyl (C=O) groups excluding carboxylic acids is 2. The zero-order valence-electron chi connectivity index (χ0n) is 23.2. The molecule has 3 amide bonds. The second-order valence-corrected chi connectivity index (χ2v) is 11.9. The Kier molecular flexibility index (Phi) is 13.4. The highest BCUT2D eigenvalue weighted by molar-refractivity contribution is 7.91. The quantitative estimate of drug-likeness (QED) is 0.206. The number of aliphatic hydroxyl groups excluding tert-OH is 1. The topological polar surface area (TPSA) is 137 Å². The monoisotopic (exact) mass is 582 g/mol. The molecule has 12 heteroatoms. The lowest BCUT2D eigenvalue weighted by Crippen LogP contribution is -2.57. The maximum Gasteiger partial charge on any atom is 0.315 e. The molecule has 2 aromatic carbocycles. The van der Waals surface area contributed by atoms with Gasteiger partial charge in [-0.2, -0.15) is 0 Å². The average Bonchev–Trinajstić information content (AvgIpc) is 2.90. The van der Waals surface area contributed by atoms with Crippen molar-refractivity contribution in [2.45, 2.75) is 64.3 Å². The van der Waals surface area contributed by atoms with Crippen LogP contribution in [0.2, 0.25) is 0 Å². The molecule has 0 aliphatic rings. The van der Waals surface area contributed by atoms with E-state index in [0.29, 0.717) is 25.5 Å². The fourth-order valence-electron chi connectivity index (χ4n) is 4.13. The van der Waals surface area contributed by atoms with E-state index in [1.807, 2.05) is 38.1 Å². The van der Waals surface area contributed by atoms with Crippen molar-refractivity contribution in [3.63, 3.8) is 0 Å². The zero-order chi connectivity index (χ0) is 29.7. The van der Waals surface area contributed by atoms with Crippen LogP contribution in [0.15, 0.2) is 42.5 Å². The normalized spacial score (nSPS) is 13.8. The molecule has 222 valence electrons.